The first-order valence-electron chi connectivity index (χ1n) is 12.3. The van der Waals surface area contributed by atoms with Crippen molar-refractivity contribution in [3.8, 4) is 6.07 Å². The number of nitriles is 1. The van der Waals surface area contributed by atoms with E-state index in [4.69, 9.17) is 10.5 Å². The maximum absolute atomic E-state index is 15.8. The number of carbonyl (C=O) groups excluding carboxylic acids is 3. The molecule has 0 aliphatic heterocycles. The molecule has 0 aliphatic carbocycles. The van der Waals surface area contributed by atoms with E-state index in [1.807, 2.05) is 6.07 Å². The zero-order valence-electron chi connectivity index (χ0n) is 22.6. The third kappa shape index (κ3) is 7.07. The first-order valence-corrected chi connectivity index (χ1v) is 13.1. The van der Waals surface area contributed by atoms with Gasteiger partial charge in [-0.05, 0) is 64.8 Å². The number of nitrogens with zero attached hydrogens (tertiary/aromatic N) is 2. The number of hydroxylamine groups is 1. The fourth-order valence-corrected chi connectivity index (χ4v) is 4.81. The van der Waals surface area contributed by atoms with Gasteiger partial charge in [0.25, 0.3) is 11.8 Å². The summed E-state index contributed by atoms with van der Waals surface area (Å²) in [6, 6.07) is 10.6. The van der Waals surface area contributed by atoms with Crippen LogP contribution in [0.4, 0.5) is 46.5 Å². The first-order chi connectivity index (χ1) is 20.9. The Kier molecular flexibility index (Phi) is 10.2. The lowest BCUT2D eigenvalue weighted by atomic mass is 9.92. The van der Waals surface area contributed by atoms with E-state index in [9.17, 15) is 45.1 Å². The van der Waals surface area contributed by atoms with Gasteiger partial charge >= 0.3 is 18.0 Å². The maximum atomic E-state index is 15.8. The standard InChI is InChI=1S/C28H19BrF8N4O4/c1-14-10-17(26(31,27(32,33)34)28(35,36)37)12-19(29)23(14)39-24(43)18-6-3-7-20(22(18)30)41(9-8-21(42)40-45)25(44)16-5-2-4-15(11-16)13-38/h2-7,10-12,45H,8-9H2,1H3,(H,39,43)(H,40,42). The van der Waals surface area contributed by atoms with Crippen LogP contribution in [0.25, 0.3) is 0 Å². The molecule has 0 spiro atoms. The monoisotopic (exact) mass is 706 g/mol. The van der Waals surface area contributed by atoms with Crippen LogP contribution < -0.4 is 15.7 Å². The van der Waals surface area contributed by atoms with E-state index in [0.717, 1.165) is 30.0 Å². The molecular weight excluding hydrogens is 688 g/mol. The van der Waals surface area contributed by atoms with Gasteiger partial charge in [-0.25, -0.2) is 14.3 Å². The van der Waals surface area contributed by atoms with Gasteiger partial charge < -0.3 is 10.2 Å². The summed E-state index contributed by atoms with van der Waals surface area (Å²) in [6.07, 6.45) is -13.3. The van der Waals surface area contributed by atoms with Crippen LogP contribution in [0.15, 0.2) is 59.1 Å². The Morgan fingerprint density at radius 2 is 1.60 bits per heavy atom. The number of aryl methyl sites for hydroxylation is 1. The minimum absolute atomic E-state index is 0.0740. The highest BCUT2D eigenvalue weighted by Crippen LogP contribution is 2.54. The van der Waals surface area contributed by atoms with Crippen molar-refractivity contribution in [1.82, 2.24) is 5.48 Å². The molecule has 0 unspecified atom stereocenters. The maximum Gasteiger partial charge on any atom is 0.435 e. The van der Waals surface area contributed by atoms with Gasteiger partial charge in [0.05, 0.1) is 28.6 Å². The molecule has 17 heteroatoms. The summed E-state index contributed by atoms with van der Waals surface area (Å²) in [5.74, 6) is -4.46. The summed E-state index contributed by atoms with van der Waals surface area (Å²) in [5.41, 5.74) is -8.40. The van der Waals surface area contributed by atoms with Crippen LogP contribution in [0.5, 0.6) is 0 Å². The Hall–Kier alpha value is -4.56. The topological polar surface area (TPSA) is 123 Å². The molecule has 0 radical (unpaired) electrons. The number of halogens is 9. The molecule has 238 valence electrons. The van der Waals surface area contributed by atoms with Crippen LogP contribution in [0.3, 0.4) is 0 Å². The van der Waals surface area contributed by atoms with Gasteiger partial charge in [0.15, 0.2) is 5.82 Å². The number of hydrogen-bond acceptors (Lipinski definition) is 5. The van der Waals surface area contributed by atoms with Crippen LogP contribution >= 0.6 is 15.9 Å². The van der Waals surface area contributed by atoms with Gasteiger partial charge in [-0.3, -0.25) is 19.6 Å². The van der Waals surface area contributed by atoms with Crippen LogP contribution in [-0.2, 0) is 10.5 Å². The van der Waals surface area contributed by atoms with E-state index in [0.29, 0.717) is 0 Å². The molecule has 3 amide bonds. The minimum Gasteiger partial charge on any atom is -0.321 e. The zero-order chi connectivity index (χ0) is 33.9. The number of carbonyl (C=O) groups is 3. The Balaban J connectivity index is 2.04. The number of hydrogen-bond donors (Lipinski definition) is 3. The van der Waals surface area contributed by atoms with Crippen molar-refractivity contribution in [3.63, 3.8) is 0 Å². The molecule has 0 fully saturated rings. The molecule has 0 aromatic heterocycles. The Morgan fingerprint density at radius 1 is 0.978 bits per heavy atom. The summed E-state index contributed by atoms with van der Waals surface area (Å²) in [4.78, 5) is 38.9. The number of benzene rings is 3. The van der Waals surface area contributed by atoms with Gasteiger partial charge in [0.2, 0.25) is 5.91 Å². The molecule has 3 N–H and O–H groups in total. The normalized spacial score (nSPS) is 11.9. The van der Waals surface area contributed by atoms with Gasteiger partial charge in [0, 0.05) is 28.6 Å². The van der Waals surface area contributed by atoms with Crippen LogP contribution in [0.1, 0.15) is 43.8 Å². The van der Waals surface area contributed by atoms with Crippen molar-refractivity contribution >= 4 is 45.0 Å². The van der Waals surface area contributed by atoms with Gasteiger partial charge in [-0.2, -0.15) is 31.6 Å². The summed E-state index contributed by atoms with van der Waals surface area (Å²) in [6.45, 7) is 0.450. The molecule has 0 atom stereocenters. The lowest BCUT2D eigenvalue weighted by Gasteiger charge is -2.31. The second-order valence-electron chi connectivity index (χ2n) is 9.33. The highest BCUT2D eigenvalue weighted by molar-refractivity contribution is 9.10. The summed E-state index contributed by atoms with van der Waals surface area (Å²) < 4.78 is 109. The second kappa shape index (κ2) is 13.2. The average molecular weight is 707 g/mol. The van der Waals surface area contributed by atoms with Crippen molar-refractivity contribution in [1.29, 1.82) is 5.26 Å². The lowest BCUT2D eigenvalue weighted by molar-refractivity contribution is -0.348. The highest BCUT2D eigenvalue weighted by Gasteiger charge is 2.73. The summed E-state index contributed by atoms with van der Waals surface area (Å²) >= 11 is 2.73. The molecule has 45 heavy (non-hydrogen) atoms. The second-order valence-corrected chi connectivity index (χ2v) is 10.2. The molecule has 3 aromatic rings. The van der Waals surface area contributed by atoms with Gasteiger partial charge in [-0.1, -0.05) is 18.2 Å². The number of anilines is 2. The molecule has 0 saturated carbocycles. The first kappa shape index (κ1) is 34.9. The molecular formula is C28H19BrF8N4O4. The Bertz CT molecular complexity index is 1650. The summed E-state index contributed by atoms with van der Waals surface area (Å²) in [7, 11) is 0. The third-order valence-corrected chi connectivity index (χ3v) is 7.02. The highest BCUT2D eigenvalue weighted by atomic mass is 79.9. The predicted octanol–water partition coefficient (Wildman–Crippen LogP) is 6.85. The number of nitrogens with one attached hydrogen (secondary N) is 2. The van der Waals surface area contributed by atoms with Crippen molar-refractivity contribution in [2.45, 2.75) is 31.4 Å². The van der Waals surface area contributed by atoms with Gasteiger partial charge in [0.1, 0.15) is 0 Å². The zero-order valence-corrected chi connectivity index (χ0v) is 24.2. The van der Waals surface area contributed by atoms with E-state index < -0.39 is 87.1 Å². The van der Waals surface area contributed by atoms with Crippen molar-refractivity contribution in [3.05, 3.63) is 92.7 Å². The van der Waals surface area contributed by atoms with E-state index in [-0.39, 0.29) is 23.3 Å². The number of amides is 3. The van der Waals surface area contributed by atoms with Crippen LogP contribution in [0.2, 0.25) is 0 Å². The van der Waals surface area contributed by atoms with E-state index in [1.54, 1.807) is 0 Å². The molecule has 3 rings (SSSR count). The molecule has 0 heterocycles. The number of rotatable bonds is 8. The summed E-state index contributed by atoms with van der Waals surface area (Å²) in [5, 5.41) is 20.1. The van der Waals surface area contributed by atoms with Crippen LogP contribution in [-0.4, -0.2) is 41.8 Å². The average Bonchev–Trinajstić information content (AvgIpc) is 2.97. The van der Waals surface area contributed by atoms with Crippen molar-refractivity contribution in [2.75, 3.05) is 16.8 Å². The van der Waals surface area contributed by atoms with E-state index in [2.05, 4.69) is 21.2 Å². The quantitative estimate of drug-likeness (QED) is 0.134. The Morgan fingerprint density at radius 3 is 2.16 bits per heavy atom. The molecule has 0 saturated heterocycles. The number of alkyl halides is 7. The van der Waals surface area contributed by atoms with Crippen molar-refractivity contribution < 1.29 is 54.7 Å². The SMILES string of the molecule is Cc1cc(C(F)(C(F)(F)F)C(F)(F)F)cc(Br)c1NC(=O)c1cccc(N(CCC(=O)NO)C(=O)c2cccc(C#N)c2)c1F. The van der Waals surface area contributed by atoms with Gasteiger partial charge in [-0.15, -0.1) is 0 Å². The molecule has 0 aliphatic rings. The molecule has 3 aromatic carbocycles. The minimum atomic E-state index is -6.39. The fraction of sp³-hybridized carbons (Fsp3) is 0.214. The molecule has 0 bridgehead atoms. The Labute approximate surface area is 257 Å². The van der Waals surface area contributed by atoms with Crippen LogP contribution in [0, 0.1) is 24.1 Å². The predicted molar refractivity (Wildman–Crippen MR) is 146 cm³/mol. The lowest BCUT2D eigenvalue weighted by Crippen LogP contribution is -2.50. The van der Waals surface area contributed by atoms with Crippen molar-refractivity contribution in [2.24, 2.45) is 0 Å². The fourth-order valence-electron chi connectivity index (χ4n) is 4.15. The largest absolute Gasteiger partial charge is 0.435 e. The molecule has 8 nitrogen and oxygen atoms in total. The third-order valence-electron chi connectivity index (χ3n) is 6.39. The van der Waals surface area contributed by atoms with E-state index in [1.165, 1.54) is 29.7 Å². The smallest absolute Gasteiger partial charge is 0.321 e. The van der Waals surface area contributed by atoms with E-state index >= 15 is 4.39 Å².